The van der Waals surface area contributed by atoms with Crippen LogP contribution in [0.25, 0.3) is 0 Å². The van der Waals surface area contributed by atoms with Gasteiger partial charge in [-0.15, -0.1) is 0 Å². The third-order valence-electron chi connectivity index (χ3n) is 3.98. The van der Waals surface area contributed by atoms with Crippen molar-refractivity contribution in [3.05, 3.63) is 58.3 Å². The van der Waals surface area contributed by atoms with Crippen molar-refractivity contribution in [1.82, 2.24) is 10.6 Å². The van der Waals surface area contributed by atoms with Crippen LogP contribution in [0.15, 0.2) is 52.2 Å². The minimum atomic E-state index is -0.951. The third-order valence-corrected chi connectivity index (χ3v) is 4.66. The Morgan fingerprint density at radius 1 is 1.25 bits per heavy atom. The summed E-state index contributed by atoms with van der Waals surface area (Å²) in [5.74, 6) is 1.11. The highest BCUT2D eigenvalue weighted by Crippen LogP contribution is 2.23. The van der Waals surface area contributed by atoms with Gasteiger partial charge in [0, 0.05) is 13.1 Å². The number of aliphatic imine (C=N–C) groups is 1. The van der Waals surface area contributed by atoms with E-state index >= 15 is 0 Å². The standard InChI is InChI=1S/C19H27N3OS/c1-4-20-18(21-12-15(2)16-8-6-5-7-9-16)22-14-19(3,23)17-10-11-24-13-17/h5-11,13,15,23H,4,12,14H2,1-3H3,(H2,20,21,22). The lowest BCUT2D eigenvalue weighted by Gasteiger charge is -2.21. The number of aliphatic hydroxyl groups is 1. The van der Waals surface area contributed by atoms with Crippen molar-refractivity contribution < 1.29 is 5.11 Å². The zero-order valence-electron chi connectivity index (χ0n) is 14.6. The lowest BCUT2D eigenvalue weighted by Crippen LogP contribution is -2.40. The zero-order valence-corrected chi connectivity index (χ0v) is 15.4. The van der Waals surface area contributed by atoms with E-state index in [1.54, 1.807) is 18.3 Å². The molecule has 5 heteroatoms. The summed E-state index contributed by atoms with van der Waals surface area (Å²) in [7, 11) is 0. The molecule has 1 heterocycles. The van der Waals surface area contributed by atoms with E-state index in [2.05, 4.69) is 46.8 Å². The van der Waals surface area contributed by atoms with Gasteiger partial charge < -0.3 is 15.7 Å². The molecule has 2 atom stereocenters. The molecule has 0 saturated heterocycles. The van der Waals surface area contributed by atoms with Crippen molar-refractivity contribution in [3.63, 3.8) is 0 Å². The van der Waals surface area contributed by atoms with Gasteiger partial charge in [-0.05, 0) is 47.7 Å². The molecule has 0 radical (unpaired) electrons. The fraction of sp³-hybridized carbons (Fsp3) is 0.421. The van der Waals surface area contributed by atoms with Crippen LogP contribution in [0.1, 0.15) is 37.8 Å². The Morgan fingerprint density at radius 2 is 2.00 bits per heavy atom. The number of rotatable bonds is 7. The van der Waals surface area contributed by atoms with E-state index in [-0.39, 0.29) is 0 Å². The minimum Gasteiger partial charge on any atom is -0.383 e. The smallest absolute Gasteiger partial charge is 0.191 e. The summed E-state index contributed by atoms with van der Waals surface area (Å²) in [6.07, 6.45) is 0. The van der Waals surface area contributed by atoms with E-state index in [1.807, 2.05) is 29.8 Å². The van der Waals surface area contributed by atoms with Gasteiger partial charge in [-0.1, -0.05) is 37.3 Å². The molecule has 24 heavy (non-hydrogen) atoms. The molecule has 0 aliphatic heterocycles. The number of nitrogens with one attached hydrogen (secondary N) is 2. The van der Waals surface area contributed by atoms with Crippen LogP contribution in [0, 0.1) is 0 Å². The van der Waals surface area contributed by atoms with Gasteiger partial charge in [0.15, 0.2) is 5.96 Å². The molecule has 0 aliphatic rings. The Kier molecular flexibility index (Phi) is 6.82. The van der Waals surface area contributed by atoms with Gasteiger partial charge in [-0.25, -0.2) is 4.99 Å². The van der Waals surface area contributed by atoms with Gasteiger partial charge in [-0.3, -0.25) is 0 Å². The number of benzene rings is 1. The second kappa shape index (κ2) is 8.85. The second-order valence-electron chi connectivity index (χ2n) is 6.17. The van der Waals surface area contributed by atoms with Gasteiger partial charge in [0.1, 0.15) is 5.60 Å². The van der Waals surface area contributed by atoms with Crippen LogP contribution in [0.3, 0.4) is 0 Å². The highest BCUT2D eigenvalue weighted by molar-refractivity contribution is 7.08. The minimum absolute atomic E-state index is 0.318. The fourth-order valence-electron chi connectivity index (χ4n) is 2.39. The molecule has 2 aromatic rings. The van der Waals surface area contributed by atoms with Gasteiger partial charge in [0.25, 0.3) is 0 Å². The normalized spacial score (nSPS) is 15.6. The maximum Gasteiger partial charge on any atom is 0.191 e. The molecule has 0 bridgehead atoms. The molecule has 130 valence electrons. The monoisotopic (exact) mass is 345 g/mol. The summed E-state index contributed by atoms with van der Waals surface area (Å²) in [5, 5.41) is 21.1. The highest BCUT2D eigenvalue weighted by Gasteiger charge is 2.23. The lowest BCUT2D eigenvalue weighted by molar-refractivity contribution is 0.0677. The van der Waals surface area contributed by atoms with Crippen molar-refractivity contribution in [2.75, 3.05) is 19.6 Å². The molecular formula is C19H27N3OS. The molecule has 0 amide bonds. The van der Waals surface area contributed by atoms with Crippen LogP contribution in [0.2, 0.25) is 0 Å². The summed E-state index contributed by atoms with van der Waals surface area (Å²) in [5.41, 5.74) is 1.25. The Morgan fingerprint density at radius 3 is 2.62 bits per heavy atom. The van der Waals surface area contributed by atoms with Gasteiger partial charge in [0.2, 0.25) is 0 Å². The van der Waals surface area contributed by atoms with E-state index < -0.39 is 5.60 Å². The Hall–Kier alpha value is -1.85. The molecule has 0 aliphatic carbocycles. The molecule has 2 rings (SSSR count). The number of guanidine groups is 1. The molecule has 2 unspecified atom stereocenters. The molecule has 1 aromatic carbocycles. The number of hydrogen-bond donors (Lipinski definition) is 3. The molecule has 1 aromatic heterocycles. The first-order valence-corrected chi connectivity index (χ1v) is 9.29. The summed E-state index contributed by atoms with van der Waals surface area (Å²) in [6, 6.07) is 12.4. The quantitative estimate of drug-likeness (QED) is 0.533. The van der Waals surface area contributed by atoms with Crippen LogP contribution >= 0.6 is 11.3 Å². The van der Waals surface area contributed by atoms with Gasteiger partial charge in [-0.2, -0.15) is 11.3 Å². The molecular weight excluding hydrogens is 318 g/mol. The second-order valence-corrected chi connectivity index (χ2v) is 6.95. The fourth-order valence-corrected chi connectivity index (χ4v) is 3.17. The SMILES string of the molecule is CCNC(=NCC(C)(O)c1ccsc1)NCC(C)c1ccccc1. The number of thiophene rings is 1. The van der Waals surface area contributed by atoms with Crippen LogP contribution < -0.4 is 10.6 Å². The first-order valence-electron chi connectivity index (χ1n) is 8.35. The summed E-state index contributed by atoms with van der Waals surface area (Å²) in [6.45, 7) is 7.92. The zero-order chi connectivity index (χ0) is 17.4. The van der Waals surface area contributed by atoms with Crippen molar-refractivity contribution in [1.29, 1.82) is 0 Å². The van der Waals surface area contributed by atoms with Gasteiger partial charge in [0.05, 0.1) is 6.54 Å². The average Bonchev–Trinajstić information content (AvgIpc) is 3.13. The number of hydrogen-bond acceptors (Lipinski definition) is 3. The molecule has 3 N–H and O–H groups in total. The first-order chi connectivity index (χ1) is 11.5. The van der Waals surface area contributed by atoms with Crippen LogP contribution in [0.4, 0.5) is 0 Å². The molecule has 0 spiro atoms. The third kappa shape index (κ3) is 5.35. The number of nitrogens with zero attached hydrogens (tertiary/aromatic N) is 1. The lowest BCUT2D eigenvalue weighted by atomic mass is 10.00. The maximum absolute atomic E-state index is 10.6. The first kappa shape index (κ1) is 18.5. The molecule has 4 nitrogen and oxygen atoms in total. The Bertz CT molecular complexity index is 623. The molecule has 0 saturated carbocycles. The summed E-state index contributed by atoms with van der Waals surface area (Å²) in [4.78, 5) is 4.56. The highest BCUT2D eigenvalue weighted by atomic mass is 32.1. The van der Waals surface area contributed by atoms with Gasteiger partial charge >= 0.3 is 0 Å². The summed E-state index contributed by atoms with van der Waals surface area (Å²) >= 11 is 1.58. The Labute approximate surface area is 148 Å². The van der Waals surface area contributed by atoms with Crippen molar-refractivity contribution >= 4 is 17.3 Å². The predicted molar refractivity (Wildman–Crippen MR) is 103 cm³/mol. The van der Waals surface area contributed by atoms with Crippen molar-refractivity contribution in [2.45, 2.75) is 32.3 Å². The van der Waals surface area contributed by atoms with E-state index in [1.165, 1.54) is 5.56 Å². The van der Waals surface area contributed by atoms with Crippen LogP contribution in [-0.2, 0) is 5.60 Å². The van der Waals surface area contributed by atoms with Crippen molar-refractivity contribution in [2.24, 2.45) is 4.99 Å². The average molecular weight is 346 g/mol. The molecule has 0 fully saturated rings. The van der Waals surface area contributed by atoms with E-state index in [0.29, 0.717) is 12.5 Å². The van der Waals surface area contributed by atoms with Crippen LogP contribution in [-0.4, -0.2) is 30.7 Å². The van der Waals surface area contributed by atoms with E-state index in [9.17, 15) is 5.11 Å². The van der Waals surface area contributed by atoms with Crippen molar-refractivity contribution in [3.8, 4) is 0 Å². The Balaban J connectivity index is 1.96. The van der Waals surface area contributed by atoms with E-state index in [0.717, 1.165) is 24.6 Å². The predicted octanol–water partition coefficient (Wildman–Crippen LogP) is 3.31. The summed E-state index contributed by atoms with van der Waals surface area (Å²) < 4.78 is 0. The maximum atomic E-state index is 10.6. The van der Waals surface area contributed by atoms with E-state index in [4.69, 9.17) is 0 Å². The topological polar surface area (TPSA) is 56.7 Å². The van der Waals surface area contributed by atoms with Crippen LogP contribution in [0.5, 0.6) is 0 Å². The largest absolute Gasteiger partial charge is 0.383 e.